The van der Waals surface area contributed by atoms with Crippen LogP contribution < -0.4 is 0 Å². The van der Waals surface area contributed by atoms with Crippen molar-refractivity contribution in [2.75, 3.05) is 12.8 Å². The molecule has 1 aliphatic carbocycles. The molecule has 0 radical (unpaired) electrons. The molecule has 4 rings (SSSR count). The predicted octanol–water partition coefficient (Wildman–Crippen LogP) is 3.69. The quantitative estimate of drug-likeness (QED) is 0.609. The normalized spacial score (nSPS) is 14.7. The minimum atomic E-state index is 0.0779. The van der Waals surface area contributed by atoms with E-state index in [0.29, 0.717) is 18.3 Å². The summed E-state index contributed by atoms with van der Waals surface area (Å²) in [5, 5.41) is 15.2. The van der Waals surface area contributed by atoms with Gasteiger partial charge < -0.3 is 4.90 Å². The van der Waals surface area contributed by atoms with Gasteiger partial charge in [0, 0.05) is 13.6 Å². The number of thioether (sulfide) groups is 1. The van der Waals surface area contributed by atoms with Gasteiger partial charge in [0.2, 0.25) is 11.1 Å². The van der Waals surface area contributed by atoms with Crippen LogP contribution in [0.5, 0.6) is 0 Å². The second kappa shape index (κ2) is 8.08. The molecule has 2 aromatic carbocycles. The molecule has 1 heterocycles. The molecule has 3 aromatic rings. The van der Waals surface area contributed by atoms with Crippen molar-refractivity contribution in [1.29, 1.82) is 0 Å². The van der Waals surface area contributed by atoms with Gasteiger partial charge in [0.1, 0.15) is 0 Å². The minimum Gasteiger partial charge on any atom is -0.341 e. The van der Waals surface area contributed by atoms with Crippen LogP contribution in [0, 0.1) is 0 Å². The summed E-state index contributed by atoms with van der Waals surface area (Å²) >= 11 is 1.43. The van der Waals surface area contributed by atoms with E-state index < -0.39 is 0 Å². The number of rotatable bonds is 6. The van der Waals surface area contributed by atoms with Crippen LogP contribution in [-0.4, -0.2) is 43.8 Å². The van der Waals surface area contributed by atoms with Gasteiger partial charge in [-0.1, -0.05) is 61.0 Å². The number of carbonyl (C=O) groups excluding carboxylic acids is 1. The zero-order chi connectivity index (χ0) is 18.6. The van der Waals surface area contributed by atoms with Gasteiger partial charge in [0.15, 0.2) is 0 Å². The molecule has 0 aliphatic heterocycles. The van der Waals surface area contributed by atoms with Gasteiger partial charge in [-0.2, -0.15) is 0 Å². The Kier molecular flexibility index (Phi) is 5.38. The summed E-state index contributed by atoms with van der Waals surface area (Å²) in [6.07, 6.45) is 4.69. The van der Waals surface area contributed by atoms with Crippen LogP contribution in [0.25, 0.3) is 10.8 Å². The first-order valence-electron chi connectivity index (χ1n) is 9.33. The first-order chi connectivity index (χ1) is 13.2. The number of hydrogen-bond acceptors (Lipinski definition) is 5. The van der Waals surface area contributed by atoms with Crippen molar-refractivity contribution in [2.24, 2.45) is 0 Å². The van der Waals surface area contributed by atoms with Crippen molar-refractivity contribution in [1.82, 2.24) is 25.1 Å². The van der Waals surface area contributed by atoms with Gasteiger partial charge >= 0.3 is 0 Å². The fourth-order valence-corrected chi connectivity index (χ4v) is 4.48. The topological polar surface area (TPSA) is 63.9 Å². The maximum Gasteiger partial charge on any atom is 0.233 e. The molecule has 1 amide bonds. The van der Waals surface area contributed by atoms with E-state index in [4.69, 9.17) is 0 Å². The van der Waals surface area contributed by atoms with E-state index in [1.54, 1.807) is 4.90 Å². The summed E-state index contributed by atoms with van der Waals surface area (Å²) in [5.41, 5.74) is 1.13. The molecule has 0 bridgehead atoms. The number of nitrogens with zero attached hydrogens (tertiary/aromatic N) is 5. The molecule has 1 saturated carbocycles. The number of aromatic nitrogens is 4. The molecule has 1 aromatic heterocycles. The van der Waals surface area contributed by atoms with Crippen molar-refractivity contribution in [3.05, 3.63) is 48.0 Å². The molecule has 7 heteroatoms. The molecule has 1 aliphatic rings. The lowest BCUT2D eigenvalue weighted by molar-refractivity contribution is -0.127. The lowest BCUT2D eigenvalue weighted by Crippen LogP contribution is -2.28. The maximum atomic E-state index is 12.6. The summed E-state index contributed by atoms with van der Waals surface area (Å²) in [4.78, 5) is 14.3. The van der Waals surface area contributed by atoms with Crippen LogP contribution in [-0.2, 0) is 11.3 Å². The number of tetrazole rings is 1. The number of fused-ring (bicyclic) bond motifs is 1. The molecular weight excluding hydrogens is 358 g/mol. The number of benzene rings is 2. The van der Waals surface area contributed by atoms with Gasteiger partial charge in [0.25, 0.3) is 0 Å². The summed E-state index contributed by atoms with van der Waals surface area (Å²) in [7, 11) is 1.85. The van der Waals surface area contributed by atoms with Crippen molar-refractivity contribution in [3.8, 4) is 0 Å². The standard InChI is InChI=1S/C20H23N5OS/c1-24(13-15-10-11-16-6-2-3-7-17(16)12-15)19(26)14-27-20-21-22-23-25(20)18-8-4-5-9-18/h2-3,6-7,10-12,18H,4-5,8-9,13-14H2,1H3. The Morgan fingerprint density at radius 2 is 1.96 bits per heavy atom. The third-order valence-electron chi connectivity index (χ3n) is 5.12. The summed E-state index contributed by atoms with van der Waals surface area (Å²) in [6.45, 7) is 0.595. The van der Waals surface area contributed by atoms with E-state index >= 15 is 0 Å². The first-order valence-corrected chi connectivity index (χ1v) is 10.3. The fourth-order valence-electron chi connectivity index (χ4n) is 3.59. The average Bonchev–Trinajstić information content (AvgIpc) is 3.37. The molecule has 0 spiro atoms. The summed E-state index contributed by atoms with van der Waals surface area (Å²) < 4.78 is 1.90. The van der Waals surface area contributed by atoms with Crippen molar-refractivity contribution < 1.29 is 4.79 Å². The van der Waals surface area contributed by atoms with Crippen LogP contribution in [0.4, 0.5) is 0 Å². The van der Waals surface area contributed by atoms with Crippen LogP contribution in [0.1, 0.15) is 37.3 Å². The second-order valence-corrected chi connectivity index (χ2v) is 8.01. The minimum absolute atomic E-state index is 0.0779. The Hall–Kier alpha value is -2.41. The highest BCUT2D eigenvalue weighted by atomic mass is 32.2. The lowest BCUT2D eigenvalue weighted by atomic mass is 10.1. The summed E-state index contributed by atoms with van der Waals surface area (Å²) in [6, 6.07) is 15.0. The van der Waals surface area contributed by atoms with Gasteiger partial charge in [0.05, 0.1) is 11.8 Å². The molecule has 27 heavy (non-hydrogen) atoms. The fraction of sp³-hybridized carbons (Fsp3) is 0.400. The van der Waals surface area contributed by atoms with Crippen molar-refractivity contribution in [3.63, 3.8) is 0 Å². The van der Waals surface area contributed by atoms with Crippen LogP contribution in [0.2, 0.25) is 0 Å². The summed E-state index contributed by atoms with van der Waals surface area (Å²) in [5.74, 6) is 0.422. The van der Waals surface area contributed by atoms with Gasteiger partial charge in [-0.3, -0.25) is 4.79 Å². The van der Waals surface area contributed by atoms with E-state index in [2.05, 4.69) is 45.9 Å². The number of amides is 1. The molecule has 0 unspecified atom stereocenters. The van der Waals surface area contributed by atoms with Crippen molar-refractivity contribution in [2.45, 2.75) is 43.4 Å². The highest BCUT2D eigenvalue weighted by molar-refractivity contribution is 7.99. The highest BCUT2D eigenvalue weighted by Gasteiger charge is 2.22. The Bertz CT molecular complexity index is 935. The Balaban J connectivity index is 1.36. The van der Waals surface area contributed by atoms with Gasteiger partial charge in [-0.25, -0.2) is 4.68 Å². The number of hydrogen-bond donors (Lipinski definition) is 0. The zero-order valence-corrected chi connectivity index (χ0v) is 16.2. The highest BCUT2D eigenvalue weighted by Crippen LogP contribution is 2.31. The predicted molar refractivity (Wildman–Crippen MR) is 106 cm³/mol. The molecule has 6 nitrogen and oxygen atoms in total. The first kappa shape index (κ1) is 18.0. The second-order valence-electron chi connectivity index (χ2n) is 7.06. The van der Waals surface area contributed by atoms with Gasteiger partial charge in [-0.15, -0.1) is 5.10 Å². The lowest BCUT2D eigenvalue weighted by Gasteiger charge is -2.17. The molecule has 0 N–H and O–H groups in total. The SMILES string of the molecule is CN(Cc1ccc2ccccc2c1)C(=O)CSc1nnnn1C1CCCC1. The Morgan fingerprint density at radius 3 is 2.78 bits per heavy atom. The average molecular weight is 382 g/mol. The molecular formula is C20H23N5OS. The van der Waals surface area contributed by atoms with Crippen LogP contribution in [0.15, 0.2) is 47.6 Å². The van der Waals surface area contributed by atoms with Crippen LogP contribution in [0.3, 0.4) is 0 Å². The van der Waals surface area contributed by atoms with E-state index in [1.165, 1.54) is 35.4 Å². The monoisotopic (exact) mass is 381 g/mol. The molecule has 0 saturated heterocycles. The van der Waals surface area contributed by atoms with E-state index in [1.807, 2.05) is 23.9 Å². The van der Waals surface area contributed by atoms with E-state index in [-0.39, 0.29) is 5.91 Å². The Morgan fingerprint density at radius 1 is 1.19 bits per heavy atom. The third-order valence-corrected chi connectivity index (χ3v) is 6.04. The smallest absolute Gasteiger partial charge is 0.233 e. The largest absolute Gasteiger partial charge is 0.341 e. The molecule has 1 fully saturated rings. The van der Waals surface area contributed by atoms with E-state index in [0.717, 1.165) is 23.6 Å². The number of carbonyl (C=O) groups is 1. The third kappa shape index (κ3) is 4.13. The maximum absolute atomic E-state index is 12.6. The van der Waals surface area contributed by atoms with Crippen LogP contribution >= 0.6 is 11.8 Å². The zero-order valence-electron chi connectivity index (χ0n) is 15.4. The van der Waals surface area contributed by atoms with E-state index in [9.17, 15) is 4.79 Å². The molecule has 140 valence electrons. The molecule has 0 atom stereocenters. The van der Waals surface area contributed by atoms with Gasteiger partial charge in [-0.05, 0) is 45.7 Å². The Labute approximate surface area is 162 Å². The van der Waals surface area contributed by atoms with Crippen molar-refractivity contribution >= 4 is 28.4 Å².